The van der Waals surface area contributed by atoms with E-state index in [1.54, 1.807) is 0 Å². The molecule has 2 aromatic rings. The quantitative estimate of drug-likeness (QED) is 0.861. The van der Waals surface area contributed by atoms with E-state index in [1.807, 2.05) is 42.5 Å². The maximum Gasteiger partial charge on any atom is 0.258 e. The van der Waals surface area contributed by atoms with E-state index < -0.39 is 11.9 Å². The molecular weight excluding hydrogens is 332 g/mol. The first kappa shape index (κ1) is 16.3. The van der Waals surface area contributed by atoms with Gasteiger partial charge in [0.1, 0.15) is 11.8 Å². The van der Waals surface area contributed by atoms with Gasteiger partial charge in [-0.15, -0.1) is 0 Å². The lowest BCUT2D eigenvalue weighted by Gasteiger charge is -2.29. The highest BCUT2D eigenvalue weighted by Gasteiger charge is 2.40. The van der Waals surface area contributed by atoms with Crippen molar-refractivity contribution in [2.24, 2.45) is 0 Å². The molecule has 6 heteroatoms. The Hall–Kier alpha value is -3.15. The van der Waals surface area contributed by atoms with Gasteiger partial charge in [-0.25, -0.2) is 0 Å². The summed E-state index contributed by atoms with van der Waals surface area (Å²) in [6.07, 6.45) is 0.585. The first-order chi connectivity index (χ1) is 12.6. The standard InChI is InChI=1S/C20H18N2O4/c1-26-16-10-13(12-5-3-2-4-6-12)9-14-11-22(20(25)18(14)16)15-7-8-17(23)21-19(15)24/h2-6,9-10,15H,7-8,11H2,1H3,(H,21,23,24). The largest absolute Gasteiger partial charge is 0.496 e. The minimum atomic E-state index is -0.627. The third-order valence-corrected chi connectivity index (χ3v) is 4.91. The van der Waals surface area contributed by atoms with Gasteiger partial charge in [0.15, 0.2) is 0 Å². The van der Waals surface area contributed by atoms with E-state index >= 15 is 0 Å². The number of fused-ring (bicyclic) bond motifs is 1. The number of benzene rings is 2. The predicted octanol–water partition coefficient (Wildman–Crippen LogP) is 2.12. The SMILES string of the molecule is COc1cc(-c2ccccc2)cc2c1C(=O)N(C1CCC(=O)NC1=O)C2. The topological polar surface area (TPSA) is 75.7 Å². The van der Waals surface area contributed by atoms with Crippen molar-refractivity contribution < 1.29 is 19.1 Å². The third kappa shape index (κ3) is 2.63. The summed E-state index contributed by atoms with van der Waals surface area (Å²) in [6, 6.07) is 13.0. The van der Waals surface area contributed by atoms with Crippen LogP contribution in [0.2, 0.25) is 0 Å². The van der Waals surface area contributed by atoms with Crippen LogP contribution in [0.5, 0.6) is 5.75 Å². The molecule has 4 rings (SSSR count). The number of piperidine rings is 1. The average Bonchev–Trinajstić information content (AvgIpc) is 2.98. The van der Waals surface area contributed by atoms with Crippen LogP contribution in [-0.4, -0.2) is 35.8 Å². The van der Waals surface area contributed by atoms with Crippen LogP contribution in [0.4, 0.5) is 0 Å². The van der Waals surface area contributed by atoms with Crippen molar-refractivity contribution in [3.05, 3.63) is 53.6 Å². The lowest BCUT2D eigenvalue weighted by molar-refractivity contribution is -0.136. The number of nitrogens with one attached hydrogen (secondary N) is 1. The van der Waals surface area contributed by atoms with E-state index in [9.17, 15) is 14.4 Å². The number of carbonyl (C=O) groups excluding carboxylic acids is 3. The van der Waals surface area contributed by atoms with Crippen LogP contribution in [0.1, 0.15) is 28.8 Å². The van der Waals surface area contributed by atoms with E-state index in [2.05, 4.69) is 5.32 Å². The van der Waals surface area contributed by atoms with Gasteiger partial charge in [0.25, 0.3) is 5.91 Å². The Balaban J connectivity index is 1.71. The van der Waals surface area contributed by atoms with E-state index in [-0.39, 0.29) is 18.2 Å². The second-order valence-corrected chi connectivity index (χ2v) is 6.48. The average molecular weight is 350 g/mol. The van der Waals surface area contributed by atoms with Crippen LogP contribution < -0.4 is 10.1 Å². The zero-order chi connectivity index (χ0) is 18.3. The minimum Gasteiger partial charge on any atom is -0.496 e. The number of amides is 3. The van der Waals surface area contributed by atoms with Gasteiger partial charge in [-0.2, -0.15) is 0 Å². The van der Waals surface area contributed by atoms with Crippen molar-refractivity contribution in [2.75, 3.05) is 7.11 Å². The van der Waals surface area contributed by atoms with Crippen molar-refractivity contribution in [2.45, 2.75) is 25.4 Å². The van der Waals surface area contributed by atoms with Crippen LogP contribution >= 0.6 is 0 Å². The van der Waals surface area contributed by atoms with Crippen LogP contribution in [0, 0.1) is 0 Å². The fraction of sp³-hybridized carbons (Fsp3) is 0.250. The number of nitrogens with zero attached hydrogens (tertiary/aromatic N) is 1. The Kier molecular flexibility index (Phi) is 3.95. The molecule has 1 N–H and O–H groups in total. The molecule has 0 radical (unpaired) electrons. The molecule has 2 aliphatic heterocycles. The highest BCUT2D eigenvalue weighted by atomic mass is 16.5. The molecule has 6 nitrogen and oxygen atoms in total. The summed E-state index contributed by atoms with van der Waals surface area (Å²) in [4.78, 5) is 38.0. The molecule has 0 aliphatic carbocycles. The molecule has 3 amide bonds. The van der Waals surface area contributed by atoms with Crippen LogP contribution in [0.3, 0.4) is 0 Å². The van der Waals surface area contributed by atoms with Gasteiger partial charge < -0.3 is 9.64 Å². The monoisotopic (exact) mass is 350 g/mol. The van der Waals surface area contributed by atoms with Crippen LogP contribution in [0.25, 0.3) is 11.1 Å². The predicted molar refractivity (Wildman–Crippen MR) is 94.5 cm³/mol. The van der Waals surface area contributed by atoms with Crippen molar-refractivity contribution in [1.29, 1.82) is 0 Å². The molecule has 2 heterocycles. The Morgan fingerprint density at radius 1 is 1.08 bits per heavy atom. The second kappa shape index (κ2) is 6.29. The number of carbonyl (C=O) groups is 3. The highest BCUT2D eigenvalue weighted by Crippen LogP contribution is 2.37. The molecule has 0 spiro atoms. The molecule has 0 saturated carbocycles. The van der Waals surface area contributed by atoms with Crippen molar-refractivity contribution in [1.82, 2.24) is 10.2 Å². The van der Waals surface area contributed by atoms with E-state index in [1.165, 1.54) is 12.0 Å². The fourth-order valence-electron chi connectivity index (χ4n) is 3.63. The van der Waals surface area contributed by atoms with Gasteiger partial charge in [0.2, 0.25) is 11.8 Å². The molecular formula is C20H18N2O4. The highest BCUT2D eigenvalue weighted by molar-refractivity contribution is 6.06. The normalized spacial score (nSPS) is 19.3. The lowest BCUT2D eigenvalue weighted by atomic mass is 9.99. The van der Waals surface area contributed by atoms with Crippen molar-refractivity contribution in [3.8, 4) is 16.9 Å². The van der Waals surface area contributed by atoms with E-state index in [4.69, 9.17) is 4.74 Å². The maximum atomic E-state index is 12.9. The molecule has 26 heavy (non-hydrogen) atoms. The Morgan fingerprint density at radius 2 is 1.85 bits per heavy atom. The number of hydrogen-bond donors (Lipinski definition) is 1. The Labute approximate surface area is 150 Å². The van der Waals surface area contributed by atoms with Crippen molar-refractivity contribution in [3.63, 3.8) is 0 Å². The first-order valence-electron chi connectivity index (χ1n) is 8.49. The summed E-state index contributed by atoms with van der Waals surface area (Å²) in [5, 5.41) is 2.32. The number of ether oxygens (including phenoxy) is 1. The van der Waals surface area contributed by atoms with Gasteiger partial charge in [-0.1, -0.05) is 30.3 Å². The number of rotatable bonds is 3. The second-order valence-electron chi connectivity index (χ2n) is 6.48. The van der Waals surface area contributed by atoms with Crippen molar-refractivity contribution >= 4 is 17.7 Å². The molecule has 0 bridgehead atoms. The summed E-state index contributed by atoms with van der Waals surface area (Å²) >= 11 is 0. The van der Waals surface area contributed by atoms with Gasteiger partial charge in [-0.3, -0.25) is 19.7 Å². The number of imide groups is 1. The molecule has 0 aromatic heterocycles. The Bertz CT molecular complexity index is 908. The third-order valence-electron chi connectivity index (χ3n) is 4.91. The zero-order valence-electron chi connectivity index (χ0n) is 14.3. The maximum absolute atomic E-state index is 12.9. The minimum absolute atomic E-state index is 0.231. The molecule has 132 valence electrons. The van der Waals surface area contributed by atoms with Gasteiger partial charge in [0, 0.05) is 13.0 Å². The molecule has 1 atom stereocenters. The summed E-state index contributed by atoms with van der Waals surface area (Å²) in [5.41, 5.74) is 3.31. The molecule has 1 saturated heterocycles. The zero-order valence-corrected chi connectivity index (χ0v) is 14.3. The van der Waals surface area contributed by atoms with Gasteiger partial charge in [0.05, 0.1) is 12.7 Å². The van der Waals surface area contributed by atoms with Crippen LogP contribution in [-0.2, 0) is 16.1 Å². The summed E-state index contributed by atoms with van der Waals surface area (Å²) in [5.74, 6) is -0.434. The summed E-state index contributed by atoms with van der Waals surface area (Å²) in [6.45, 7) is 0.331. The Morgan fingerprint density at radius 3 is 2.54 bits per heavy atom. The lowest BCUT2D eigenvalue weighted by Crippen LogP contribution is -2.52. The smallest absolute Gasteiger partial charge is 0.258 e. The summed E-state index contributed by atoms with van der Waals surface area (Å²) < 4.78 is 5.47. The fourth-order valence-corrected chi connectivity index (χ4v) is 3.63. The van der Waals surface area contributed by atoms with E-state index in [0.29, 0.717) is 24.3 Å². The molecule has 2 aromatic carbocycles. The molecule has 2 aliphatic rings. The number of hydrogen-bond acceptors (Lipinski definition) is 4. The first-order valence-corrected chi connectivity index (χ1v) is 8.49. The summed E-state index contributed by atoms with van der Waals surface area (Å²) in [7, 11) is 1.53. The molecule has 1 fully saturated rings. The molecule has 1 unspecified atom stereocenters. The van der Waals surface area contributed by atoms with Crippen LogP contribution in [0.15, 0.2) is 42.5 Å². The van der Waals surface area contributed by atoms with Gasteiger partial charge in [-0.05, 0) is 35.2 Å². The van der Waals surface area contributed by atoms with Gasteiger partial charge >= 0.3 is 0 Å². The van der Waals surface area contributed by atoms with E-state index in [0.717, 1.165) is 16.7 Å². The number of methoxy groups -OCH3 is 1.